The van der Waals surface area contributed by atoms with Gasteiger partial charge in [0.25, 0.3) is 0 Å². The number of pyridine rings is 1. The second kappa shape index (κ2) is 4.03. The van der Waals surface area contributed by atoms with E-state index in [9.17, 15) is 0 Å². The Morgan fingerprint density at radius 2 is 2.26 bits per heavy atom. The Balaban J connectivity index is 1.82. The first kappa shape index (κ1) is 10.9. The van der Waals surface area contributed by atoms with Crippen LogP contribution in [-0.2, 0) is 6.42 Å². The van der Waals surface area contributed by atoms with Crippen LogP contribution in [0, 0.1) is 0 Å². The molecule has 0 saturated heterocycles. The molecule has 4 rings (SSSR count). The lowest BCUT2D eigenvalue weighted by Gasteiger charge is -2.06. The molecule has 0 aromatic carbocycles. The van der Waals surface area contributed by atoms with Gasteiger partial charge in [-0.2, -0.15) is 0 Å². The molecule has 0 unspecified atom stereocenters. The zero-order chi connectivity index (χ0) is 12.8. The Morgan fingerprint density at radius 1 is 1.37 bits per heavy atom. The predicted molar refractivity (Wildman–Crippen MR) is 75.1 cm³/mol. The van der Waals surface area contributed by atoms with Gasteiger partial charge in [0, 0.05) is 24.0 Å². The van der Waals surface area contributed by atoms with Crippen LogP contribution in [0.25, 0.3) is 11.0 Å². The molecule has 1 aliphatic rings. The van der Waals surface area contributed by atoms with E-state index in [2.05, 4.69) is 14.5 Å². The zero-order valence-corrected chi connectivity index (χ0v) is 11.1. The SMILES string of the molecule is Nc1nc(Cc2nc3cnccc3n2C2CC2)cs1. The fraction of sp³-hybridized carbons (Fsp3) is 0.308. The molecule has 6 heteroatoms. The molecule has 1 aliphatic carbocycles. The van der Waals surface area contributed by atoms with Gasteiger partial charge in [0.2, 0.25) is 0 Å². The summed E-state index contributed by atoms with van der Waals surface area (Å²) in [5, 5.41) is 2.62. The summed E-state index contributed by atoms with van der Waals surface area (Å²) >= 11 is 1.48. The van der Waals surface area contributed by atoms with E-state index in [1.807, 2.05) is 23.8 Å². The van der Waals surface area contributed by atoms with E-state index in [-0.39, 0.29) is 0 Å². The molecule has 0 radical (unpaired) electrons. The maximum Gasteiger partial charge on any atom is 0.180 e. The monoisotopic (exact) mass is 271 g/mol. The Morgan fingerprint density at radius 3 is 3.00 bits per heavy atom. The van der Waals surface area contributed by atoms with E-state index in [1.54, 1.807) is 0 Å². The molecular weight excluding hydrogens is 258 g/mol. The van der Waals surface area contributed by atoms with Crippen molar-refractivity contribution in [2.75, 3.05) is 5.73 Å². The number of hydrogen-bond donors (Lipinski definition) is 1. The number of aromatic nitrogens is 4. The highest BCUT2D eigenvalue weighted by Crippen LogP contribution is 2.38. The van der Waals surface area contributed by atoms with Crippen LogP contribution in [0.4, 0.5) is 5.13 Å². The summed E-state index contributed by atoms with van der Waals surface area (Å²) < 4.78 is 2.34. The van der Waals surface area contributed by atoms with Crippen LogP contribution in [0.1, 0.15) is 30.4 Å². The van der Waals surface area contributed by atoms with E-state index >= 15 is 0 Å². The van der Waals surface area contributed by atoms with Gasteiger partial charge in [-0.05, 0) is 18.9 Å². The van der Waals surface area contributed by atoms with Crippen molar-refractivity contribution in [3.8, 4) is 0 Å². The molecule has 0 spiro atoms. The van der Waals surface area contributed by atoms with Gasteiger partial charge in [0.15, 0.2) is 5.13 Å². The Labute approximate surface area is 114 Å². The minimum atomic E-state index is 0.596. The summed E-state index contributed by atoms with van der Waals surface area (Å²) in [6.07, 6.45) is 6.86. The number of nitrogen functional groups attached to an aromatic ring is 1. The van der Waals surface area contributed by atoms with Crippen molar-refractivity contribution in [2.45, 2.75) is 25.3 Å². The number of hydrogen-bond acceptors (Lipinski definition) is 5. The Kier molecular flexibility index (Phi) is 2.32. The second-order valence-electron chi connectivity index (χ2n) is 4.85. The first-order valence-corrected chi connectivity index (χ1v) is 7.20. The highest BCUT2D eigenvalue weighted by molar-refractivity contribution is 7.13. The van der Waals surface area contributed by atoms with Crippen molar-refractivity contribution >= 4 is 27.5 Å². The molecule has 0 atom stereocenters. The lowest BCUT2D eigenvalue weighted by molar-refractivity contribution is 0.713. The average molecular weight is 271 g/mol. The van der Waals surface area contributed by atoms with Crippen molar-refractivity contribution in [1.29, 1.82) is 0 Å². The van der Waals surface area contributed by atoms with Crippen molar-refractivity contribution in [3.63, 3.8) is 0 Å². The first-order chi connectivity index (χ1) is 9.31. The van der Waals surface area contributed by atoms with Gasteiger partial charge < -0.3 is 10.3 Å². The second-order valence-corrected chi connectivity index (χ2v) is 5.74. The molecule has 2 N–H and O–H groups in total. The van der Waals surface area contributed by atoms with Gasteiger partial charge in [-0.1, -0.05) is 0 Å². The van der Waals surface area contributed by atoms with Crippen LogP contribution in [0.3, 0.4) is 0 Å². The molecule has 3 aromatic rings. The molecule has 0 aliphatic heterocycles. The van der Waals surface area contributed by atoms with Crippen molar-refractivity contribution in [1.82, 2.24) is 19.5 Å². The van der Waals surface area contributed by atoms with E-state index in [1.165, 1.54) is 29.7 Å². The molecule has 5 nitrogen and oxygen atoms in total. The lowest BCUT2D eigenvalue weighted by atomic mass is 10.3. The molecule has 0 bridgehead atoms. The number of nitrogens with two attached hydrogens (primary N) is 1. The van der Waals surface area contributed by atoms with Crippen LogP contribution in [0.15, 0.2) is 23.8 Å². The van der Waals surface area contributed by atoms with E-state index in [0.29, 0.717) is 11.2 Å². The molecule has 3 heterocycles. The van der Waals surface area contributed by atoms with Crippen LogP contribution < -0.4 is 5.73 Å². The number of anilines is 1. The summed E-state index contributed by atoms with van der Waals surface area (Å²) in [6.45, 7) is 0. The number of fused-ring (bicyclic) bond motifs is 1. The predicted octanol–water partition coefficient (Wildman–Crippen LogP) is 2.40. The van der Waals surface area contributed by atoms with E-state index in [4.69, 9.17) is 10.7 Å². The molecule has 1 saturated carbocycles. The molecule has 1 fully saturated rings. The number of thiazole rings is 1. The average Bonchev–Trinajstić information content (AvgIpc) is 3.06. The van der Waals surface area contributed by atoms with Crippen molar-refractivity contribution in [2.24, 2.45) is 0 Å². The van der Waals surface area contributed by atoms with Crippen molar-refractivity contribution in [3.05, 3.63) is 35.4 Å². The molecular formula is C13H13N5S. The number of rotatable bonds is 3. The topological polar surface area (TPSA) is 69.6 Å². The maximum atomic E-state index is 5.69. The minimum absolute atomic E-state index is 0.596. The van der Waals surface area contributed by atoms with Crippen LogP contribution in [-0.4, -0.2) is 19.5 Å². The summed E-state index contributed by atoms with van der Waals surface area (Å²) in [5.74, 6) is 1.07. The summed E-state index contributed by atoms with van der Waals surface area (Å²) in [6, 6.07) is 2.64. The smallest absolute Gasteiger partial charge is 0.180 e. The van der Waals surface area contributed by atoms with Gasteiger partial charge in [0.1, 0.15) is 11.3 Å². The fourth-order valence-electron chi connectivity index (χ4n) is 2.43. The van der Waals surface area contributed by atoms with E-state index < -0.39 is 0 Å². The minimum Gasteiger partial charge on any atom is -0.375 e. The van der Waals surface area contributed by atoms with Gasteiger partial charge in [-0.25, -0.2) is 9.97 Å². The zero-order valence-electron chi connectivity index (χ0n) is 10.3. The fourth-order valence-corrected chi connectivity index (χ4v) is 2.99. The summed E-state index contributed by atoms with van der Waals surface area (Å²) in [7, 11) is 0. The first-order valence-electron chi connectivity index (χ1n) is 6.32. The standard InChI is InChI=1S/C13H13N5S/c14-13-16-8(7-19-13)5-12-17-10-6-15-4-3-11(10)18(12)9-1-2-9/h3-4,6-7,9H,1-2,5H2,(H2,14,16). The van der Waals surface area contributed by atoms with E-state index in [0.717, 1.165) is 23.5 Å². The normalized spacial score (nSPS) is 15.2. The molecule has 3 aromatic heterocycles. The van der Waals surface area contributed by atoms with Gasteiger partial charge in [-0.3, -0.25) is 4.98 Å². The van der Waals surface area contributed by atoms with Gasteiger partial charge in [-0.15, -0.1) is 11.3 Å². The van der Waals surface area contributed by atoms with Crippen LogP contribution in [0.5, 0.6) is 0 Å². The van der Waals surface area contributed by atoms with Gasteiger partial charge >= 0.3 is 0 Å². The number of imidazole rings is 1. The quantitative estimate of drug-likeness (QED) is 0.794. The van der Waals surface area contributed by atoms with Crippen LogP contribution >= 0.6 is 11.3 Å². The highest BCUT2D eigenvalue weighted by Gasteiger charge is 2.28. The van der Waals surface area contributed by atoms with Crippen molar-refractivity contribution < 1.29 is 0 Å². The Hall–Kier alpha value is -1.95. The number of nitrogens with zero attached hydrogens (tertiary/aromatic N) is 4. The molecule has 96 valence electrons. The molecule has 0 amide bonds. The van der Waals surface area contributed by atoms with Gasteiger partial charge in [0.05, 0.1) is 17.4 Å². The van der Waals surface area contributed by atoms with Crippen LogP contribution in [0.2, 0.25) is 0 Å². The highest BCUT2D eigenvalue weighted by atomic mass is 32.1. The summed E-state index contributed by atoms with van der Waals surface area (Å²) in [5.41, 5.74) is 8.82. The lowest BCUT2D eigenvalue weighted by Crippen LogP contribution is -2.03. The molecule has 19 heavy (non-hydrogen) atoms. The third-order valence-electron chi connectivity index (χ3n) is 3.39. The summed E-state index contributed by atoms with van der Waals surface area (Å²) in [4.78, 5) is 13.2. The third-order valence-corrected chi connectivity index (χ3v) is 4.11. The Bertz CT molecular complexity index is 740. The third kappa shape index (κ3) is 1.88. The largest absolute Gasteiger partial charge is 0.375 e. The maximum absolute atomic E-state index is 5.69.